The van der Waals surface area contributed by atoms with Crippen molar-refractivity contribution in [2.75, 3.05) is 13.1 Å². The molecule has 2 aliphatic heterocycles. The van der Waals surface area contributed by atoms with Crippen molar-refractivity contribution < 1.29 is 9.63 Å². The third-order valence-corrected chi connectivity index (χ3v) is 4.93. The van der Waals surface area contributed by atoms with Crippen LogP contribution in [0.15, 0.2) is 5.16 Å². The number of hydrogen-bond donors (Lipinski definition) is 1. The zero-order valence-electron chi connectivity index (χ0n) is 15.6. The lowest BCUT2D eigenvalue weighted by Crippen LogP contribution is -2.37. The summed E-state index contributed by atoms with van der Waals surface area (Å²) in [5, 5.41) is 7.58. The Labute approximate surface area is 142 Å². The summed E-state index contributed by atoms with van der Waals surface area (Å²) >= 11 is 0. The van der Waals surface area contributed by atoms with Crippen LogP contribution in [0.1, 0.15) is 85.5 Å². The van der Waals surface area contributed by atoms with Gasteiger partial charge in [0, 0.05) is 6.42 Å². The molecule has 134 valence electrons. The lowest BCUT2D eigenvalue weighted by molar-refractivity contribution is -0.140. The molecule has 4 heteroatoms. The van der Waals surface area contributed by atoms with Crippen LogP contribution in [0.2, 0.25) is 0 Å². The van der Waals surface area contributed by atoms with Gasteiger partial charge in [-0.05, 0) is 58.0 Å². The van der Waals surface area contributed by atoms with Crippen molar-refractivity contribution in [3.63, 3.8) is 0 Å². The van der Waals surface area contributed by atoms with Crippen LogP contribution in [0, 0.1) is 5.92 Å². The number of piperidine rings is 1. The van der Waals surface area contributed by atoms with E-state index in [1.54, 1.807) is 6.92 Å². The van der Waals surface area contributed by atoms with Gasteiger partial charge in [-0.2, -0.15) is 0 Å². The number of hydrogen-bond acceptors (Lipinski definition) is 4. The molecule has 0 saturated carbocycles. The summed E-state index contributed by atoms with van der Waals surface area (Å²) in [5.74, 6) is 0.928. The Hall–Kier alpha value is -0.900. The Bertz CT molecular complexity index is 374. The first-order chi connectivity index (χ1) is 11.1. The quantitative estimate of drug-likeness (QED) is 0.751. The number of nitrogens with zero attached hydrogens (tertiary/aromatic N) is 1. The smallest absolute Gasteiger partial charge is 0.200 e. The largest absolute Gasteiger partial charge is 0.381 e. The maximum atomic E-state index is 11.8. The molecule has 1 saturated heterocycles. The molecule has 0 aromatic heterocycles. The summed E-state index contributed by atoms with van der Waals surface area (Å²) < 4.78 is 0. The number of Topliss-reactive ketones (excluding diaryl/α,β-unsaturated/α-hetero) is 1. The molecule has 0 aromatic rings. The van der Waals surface area contributed by atoms with Crippen LogP contribution in [-0.2, 0) is 9.63 Å². The summed E-state index contributed by atoms with van der Waals surface area (Å²) in [6.07, 6.45) is 9.79. The van der Waals surface area contributed by atoms with Gasteiger partial charge in [-0.3, -0.25) is 4.79 Å². The first-order valence-corrected chi connectivity index (χ1v) is 9.53. The molecule has 0 spiro atoms. The van der Waals surface area contributed by atoms with Crippen LogP contribution in [0.5, 0.6) is 0 Å². The van der Waals surface area contributed by atoms with Gasteiger partial charge in [0.2, 0.25) is 0 Å². The molecule has 0 radical (unpaired) electrons. The second-order valence-corrected chi connectivity index (χ2v) is 6.96. The zero-order chi connectivity index (χ0) is 17.1. The molecule has 1 fully saturated rings. The average molecular weight is 325 g/mol. The first kappa shape index (κ1) is 20.1. The number of carbonyl (C=O) groups excluding carboxylic acids is 1. The van der Waals surface area contributed by atoms with Crippen molar-refractivity contribution >= 4 is 11.5 Å². The van der Waals surface area contributed by atoms with Gasteiger partial charge < -0.3 is 10.2 Å². The van der Waals surface area contributed by atoms with Crippen LogP contribution in [0.3, 0.4) is 0 Å². The van der Waals surface area contributed by atoms with Crippen LogP contribution < -0.4 is 5.32 Å². The van der Waals surface area contributed by atoms with Gasteiger partial charge >= 0.3 is 0 Å². The number of rotatable bonds is 7. The molecular formula is C19H36N2O2. The summed E-state index contributed by atoms with van der Waals surface area (Å²) in [5.41, 5.74) is 0.445. The van der Waals surface area contributed by atoms with E-state index in [1.165, 1.54) is 32.1 Å². The fraction of sp³-hybridized carbons (Fsp3) is 0.895. The van der Waals surface area contributed by atoms with E-state index in [4.69, 9.17) is 4.84 Å². The highest BCUT2D eigenvalue weighted by Crippen LogP contribution is 2.32. The van der Waals surface area contributed by atoms with E-state index in [0.717, 1.165) is 44.0 Å². The van der Waals surface area contributed by atoms with E-state index >= 15 is 0 Å². The van der Waals surface area contributed by atoms with Gasteiger partial charge in [0.15, 0.2) is 11.4 Å². The predicted molar refractivity (Wildman–Crippen MR) is 96.9 cm³/mol. The number of oxime groups is 1. The SMILES string of the molecule is CCCC.CCCC1(C(C)=O)CC(CCC2CCNCC2)=NO1. The van der Waals surface area contributed by atoms with Crippen LogP contribution in [-0.4, -0.2) is 30.2 Å². The Balaban J connectivity index is 0.000000593. The lowest BCUT2D eigenvalue weighted by atomic mass is 9.86. The predicted octanol–water partition coefficient (Wildman–Crippen LogP) is 4.48. The topological polar surface area (TPSA) is 50.7 Å². The second kappa shape index (κ2) is 10.8. The molecule has 0 aliphatic carbocycles. The van der Waals surface area contributed by atoms with Crippen molar-refractivity contribution in [3.05, 3.63) is 0 Å². The summed E-state index contributed by atoms with van der Waals surface area (Å²) in [7, 11) is 0. The minimum absolute atomic E-state index is 0.120. The molecule has 2 rings (SSSR count). The van der Waals surface area contributed by atoms with Crippen molar-refractivity contribution in [3.8, 4) is 0 Å². The average Bonchev–Trinajstić information content (AvgIpc) is 2.99. The van der Waals surface area contributed by atoms with E-state index in [2.05, 4.69) is 31.2 Å². The number of ketones is 1. The third kappa shape index (κ3) is 6.62. The second-order valence-electron chi connectivity index (χ2n) is 6.96. The van der Waals surface area contributed by atoms with Gasteiger partial charge in [-0.25, -0.2) is 0 Å². The van der Waals surface area contributed by atoms with Crippen molar-refractivity contribution in [2.45, 2.75) is 91.1 Å². The minimum atomic E-state index is -0.641. The molecule has 0 aromatic carbocycles. The third-order valence-electron chi connectivity index (χ3n) is 4.93. The lowest BCUT2D eigenvalue weighted by Gasteiger charge is -2.23. The van der Waals surface area contributed by atoms with Crippen LogP contribution in [0.4, 0.5) is 0 Å². The summed E-state index contributed by atoms with van der Waals surface area (Å²) in [6.45, 7) is 10.4. The molecule has 23 heavy (non-hydrogen) atoms. The van der Waals surface area contributed by atoms with Gasteiger partial charge in [0.25, 0.3) is 0 Å². The molecule has 0 bridgehead atoms. The van der Waals surface area contributed by atoms with Crippen molar-refractivity contribution in [2.24, 2.45) is 11.1 Å². The highest BCUT2D eigenvalue weighted by Gasteiger charge is 2.42. The minimum Gasteiger partial charge on any atom is -0.381 e. The fourth-order valence-electron chi connectivity index (χ4n) is 3.12. The van der Waals surface area contributed by atoms with Crippen molar-refractivity contribution in [1.29, 1.82) is 0 Å². The molecule has 1 unspecified atom stereocenters. The first-order valence-electron chi connectivity index (χ1n) is 9.53. The fourth-order valence-corrected chi connectivity index (χ4v) is 3.12. The maximum Gasteiger partial charge on any atom is 0.200 e. The van der Waals surface area contributed by atoms with Gasteiger partial charge in [-0.15, -0.1) is 0 Å². The van der Waals surface area contributed by atoms with Crippen LogP contribution >= 0.6 is 0 Å². The molecular weight excluding hydrogens is 288 g/mol. The highest BCUT2D eigenvalue weighted by molar-refractivity contribution is 5.95. The number of carbonyl (C=O) groups is 1. The Morgan fingerprint density at radius 2 is 1.87 bits per heavy atom. The Morgan fingerprint density at radius 1 is 1.22 bits per heavy atom. The highest BCUT2D eigenvalue weighted by atomic mass is 16.7. The van der Waals surface area contributed by atoms with Gasteiger partial charge in [-0.1, -0.05) is 45.2 Å². The van der Waals surface area contributed by atoms with E-state index in [1.807, 2.05) is 0 Å². The molecule has 2 heterocycles. The summed E-state index contributed by atoms with van der Waals surface area (Å²) in [4.78, 5) is 17.3. The standard InChI is InChI=1S/C15H26N2O2.C4H10/c1-3-8-15(12(2)18)11-14(17-19-15)5-4-13-6-9-16-10-7-13;1-3-4-2/h13,16H,3-11H2,1-2H3;3-4H2,1-2H3. The van der Waals surface area contributed by atoms with E-state index < -0.39 is 5.60 Å². The van der Waals surface area contributed by atoms with Gasteiger partial charge in [0.1, 0.15) is 0 Å². The van der Waals surface area contributed by atoms with E-state index in [9.17, 15) is 4.79 Å². The molecule has 4 nitrogen and oxygen atoms in total. The van der Waals surface area contributed by atoms with Gasteiger partial charge in [0.05, 0.1) is 5.71 Å². The molecule has 1 atom stereocenters. The van der Waals surface area contributed by atoms with Crippen molar-refractivity contribution in [1.82, 2.24) is 5.32 Å². The molecule has 0 amide bonds. The molecule has 1 N–H and O–H groups in total. The maximum absolute atomic E-state index is 11.8. The number of nitrogens with one attached hydrogen (secondary N) is 1. The van der Waals surface area contributed by atoms with E-state index in [-0.39, 0.29) is 5.78 Å². The number of unbranched alkanes of at least 4 members (excludes halogenated alkanes) is 1. The normalized spacial score (nSPS) is 24.4. The van der Waals surface area contributed by atoms with Crippen LogP contribution in [0.25, 0.3) is 0 Å². The summed E-state index contributed by atoms with van der Waals surface area (Å²) in [6, 6.07) is 0. The van der Waals surface area contributed by atoms with E-state index in [0.29, 0.717) is 6.42 Å². The zero-order valence-corrected chi connectivity index (χ0v) is 15.6. The Morgan fingerprint density at radius 3 is 2.39 bits per heavy atom. The Kier molecular flexibility index (Phi) is 9.46. The monoisotopic (exact) mass is 324 g/mol. The molecule has 2 aliphatic rings.